The van der Waals surface area contributed by atoms with Crippen LogP contribution in [-0.2, 0) is 4.79 Å². The first-order valence-electron chi connectivity index (χ1n) is 9.02. The lowest BCUT2D eigenvalue weighted by Crippen LogP contribution is -2.22. The van der Waals surface area contributed by atoms with Crippen LogP contribution in [0.3, 0.4) is 0 Å². The quantitative estimate of drug-likeness (QED) is 0.252. The van der Waals surface area contributed by atoms with Gasteiger partial charge < -0.3 is 4.74 Å². The maximum atomic E-state index is 12.3. The highest BCUT2D eigenvalue weighted by Crippen LogP contribution is 2.26. The number of ether oxygens (including phenoxy) is 1. The van der Waals surface area contributed by atoms with Crippen molar-refractivity contribution in [1.82, 2.24) is 0 Å². The van der Waals surface area contributed by atoms with Crippen molar-refractivity contribution in [3.63, 3.8) is 0 Å². The molecule has 0 unspecified atom stereocenters. The highest BCUT2D eigenvalue weighted by molar-refractivity contribution is 6.35. The Balaban J connectivity index is 1.61. The second kappa shape index (κ2) is 9.20. The molecule has 140 valence electrons. The molecule has 5 heteroatoms. The zero-order valence-electron chi connectivity index (χ0n) is 14.8. The zero-order chi connectivity index (χ0) is 19.2. The largest absolute Gasteiger partial charge is 0.426 e. The molecule has 1 saturated carbocycles. The van der Waals surface area contributed by atoms with Gasteiger partial charge in [-0.1, -0.05) is 48.5 Å². The minimum atomic E-state index is -0.175. The van der Waals surface area contributed by atoms with Gasteiger partial charge in [0.2, 0.25) is 0 Å². The van der Waals surface area contributed by atoms with Gasteiger partial charge in [0.25, 0.3) is 0 Å². The molecule has 27 heavy (non-hydrogen) atoms. The Labute approximate surface area is 168 Å². The molecule has 0 aliphatic heterocycles. The van der Waals surface area contributed by atoms with Gasteiger partial charge in [-0.3, -0.25) is 9.59 Å². The Kier molecular flexibility index (Phi) is 6.70. The van der Waals surface area contributed by atoms with E-state index in [0.717, 1.165) is 25.7 Å². The van der Waals surface area contributed by atoms with Crippen molar-refractivity contribution in [3.8, 4) is 5.75 Å². The van der Waals surface area contributed by atoms with Crippen molar-refractivity contribution in [1.29, 1.82) is 0 Å². The fraction of sp³-hybridized carbons (Fsp3) is 0.273. The monoisotopic (exact) mass is 402 g/mol. The summed E-state index contributed by atoms with van der Waals surface area (Å²) in [7, 11) is 0. The van der Waals surface area contributed by atoms with Gasteiger partial charge in [0.05, 0.1) is 5.92 Å². The fourth-order valence-corrected chi connectivity index (χ4v) is 3.59. The fourth-order valence-electron chi connectivity index (χ4n) is 3.12. The molecule has 0 amide bonds. The van der Waals surface area contributed by atoms with Gasteiger partial charge in [0.15, 0.2) is 5.78 Å². The third-order valence-corrected chi connectivity index (χ3v) is 5.23. The molecule has 0 radical (unpaired) electrons. The van der Waals surface area contributed by atoms with E-state index in [1.54, 1.807) is 48.5 Å². The van der Waals surface area contributed by atoms with E-state index in [4.69, 9.17) is 27.9 Å². The summed E-state index contributed by atoms with van der Waals surface area (Å²) in [5.74, 6) is 0.121. The average molecular weight is 403 g/mol. The van der Waals surface area contributed by atoms with Crippen molar-refractivity contribution >= 4 is 41.0 Å². The van der Waals surface area contributed by atoms with Crippen LogP contribution in [0.4, 0.5) is 0 Å². The van der Waals surface area contributed by atoms with E-state index in [1.807, 2.05) is 0 Å². The lowest BCUT2D eigenvalue weighted by atomic mass is 9.89. The van der Waals surface area contributed by atoms with Gasteiger partial charge in [-0.05, 0) is 67.0 Å². The molecule has 0 aromatic heterocycles. The Morgan fingerprint density at radius 1 is 0.963 bits per heavy atom. The number of ketones is 1. The van der Waals surface area contributed by atoms with Gasteiger partial charge in [-0.25, -0.2) is 0 Å². The number of halogens is 2. The van der Waals surface area contributed by atoms with Gasteiger partial charge in [-0.15, -0.1) is 0 Å². The molecule has 1 aliphatic rings. The molecule has 0 atom stereocenters. The predicted molar refractivity (Wildman–Crippen MR) is 108 cm³/mol. The number of hydrogen-bond acceptors (Lipinski definition) is 3. The number of rotatable bonds is 5. The summed E-state index contributed by atoms with van der Waals surface area (Å²) < 4.78 is 5.45. The van der Waals surface area contributed by atoms with E-state index < -0.39 is 0 Å². The Hall–Kier alpha value is -2.10. The van der Waals surface area contributed by atoms with Crippen LogP contribution < -0.4 is 4.74 Å². The van der Waals surface area contributed by atoms with Crippen LogP contribution in [0, 0.1) is 5.92 Å². The Morgan fingerprint density at radius 2 is 1.67 bits per heavy atom. The van der Waals surface area contributed by atoms with Crippen LogP contribution in [0.2, 0.25) is 10.0 Å². The minimum absolute atomic E-state index is 0.00730. The number of benzene rings is 2. The van der Waals surface area contributed by atoms with Crippen LogP contribution >= 0.6 is 23.2 Å². The first-order valence-corrected chi connectivity index (χ1v) is 9.78. The summed E-state index contributed by atoms with van der Waals surface area (Å²) in [6, 6.07) is 11.7. The maximum Gasteiger partial charge on any atom is 0.314 e. The average Bonchev–Trinajstić information content (AvgIpc) is 2.68. The smallest absolute Gasteiger partial charge is 0.314 e. The summed E-state index contributed by atoms with van der Waals surface area (Å²) in [4.78, 5) is 24.5. The highest BCUT2D eigenvalue weighted by Gasteiger charge is 2.22. The summed E-state index contributed by atoms with van der Waals surface area (Å²) in [5.41, 5.74) is 1.22. The van der Waals surface area contributed by atoms with Crippen LogP contribution in [0.15, 0.2) is 48.5 Å². The predicted octanol–water partition coefficient (Wildman–Crippen LogP) is 6.38. The molecule has 3 rings (SSSR count). The first kappa shape index (κ1) is 19.7. The molecule has 0 N–H and O–H groups in total. The number of esters is 1. The Bertz CT molecular complexity index is 850. The van der Waals surface area contributed by atoms with Crippen molar-refractivity contribution in [2.75, 3.05) is 0 Å². The summed E-state index contributed by atoms with van der Waals surface area (Å²) in [5, 5.41) is 1.03. The Morgan fingerprint density at radius 3 is 2.33 bits per heavy atom. The second-order valence-electron chi connectivity index (χ2n) is 6.64. The van der Waals surface area contributed by atoms with Gasteiger partial charge in [-0.2, -0.15) is 0 Å². The van der Waals surface area contributed by atoms with Crippen LogP contribution in [0.5, 0.6) is 5.75 Å². The molecular weight excluding hydrogens is 383 g/mol. The topological polar surface area (TPSA) is 43.4 Å². The van der Waals surface area contributed by atoms with Gasteiger partial charge in [0.1, 0.15) is 5.75 Å². The highest BCUT2D eigenvalue weighted by atomic mass is 35.5. The standard InChI is InChI=1S/C22H20Cl2O3/c23-18-10-6-15(20(24)14-18)9-13-21(25)16-7-11-19(12-8-16)27-22(26)17-4-2-1-3-5-17/h6-14,17H,1-5H2. The van der Waals surface area contributed by atoms with Crippen LogP contribution in [0.25, 0.3) is 6.08 Å². The van der Waals surface area contributed by atoms with E-state index in [-0.39, 0.29) is 17.7 Å². The minimum Gasteiger partial charge on any atom is -0.426 e. The third-order valence-electron chi connectivity index (χ3n) is 4.67. The molecule has 1 fully saturated rings. The van der Waals surface area contributed by atoms with E-state index in [2.05, 4.69) is 0 Å². The van der Waals surface area contributed by atoms with Crippen molar-refractivity contribution in [2.24, 2.45) is 5.92 Å². The molecule has 3 nitrogen and oxygen atoms in total. The molecule has 0 bridgehead atoms. The van der Waals surface area contributed by atoms with Crippen LogP contribution in [0.1, 0.15) is 48.0 Å². The summed E-state index contributed by atoms with van der Waals surface area (Å²) in [6.07, 6.45) is 8.25. The van der Waals surface area contributed by atoms with E-state index in [1.165, 1.54) is 12.5 Å². The third kappa shape index (κ3) is 5.44. The van der Waals surface area contributed by atoms with Gasteiger partial charge in [0, 0.05) is 15.6 Å². The summed E-state index contributed by atoms with van der Waals surface area (Å²) in [6.45, 7) is 0. The molecule has 2 aromatic rings. The maximum absolute atomic E-state index is 12.3. The number of allylic oxidation sites excluding steroid dienone is 1. The van der Waals surface area contributed by atoms with E-state index >= 15 is 0 Å². The number of hydrogen-bond donors (Lipinski definition) is 0. The van der Waals surface area contributed by atoms with Gasteiger partial charge >= 0.3 is 5.97 Å². The van der Waals surface area contributed by atoms with Crippen LogP contribution in [-0.4, -0.2) is 11.8 Å². The normalized spacial score (nSPS) is 15.0. The zero-order valence-corrected chi connectivity index (χ0v) is 16.3. The van der Waals surface area contributed by atoms with E-state index in [9.17, 15) is 9.59 Å². The number of carbonyl (C=O) groups excluding carboxylic acids is 2. The first-order chi connectivity index (χ1) is 13.0. The lowest BCUT2D eigenvalue weighted by molar-refractivity contribution is -0.139. The molecular formula is C22H20Cl2O3. The SMILES string of the molecule is O=C(C=Cc1ccc(Cl)cc1Cl)c1ccc(OC(=O)C2CCCCC2)cc1. The molecule has 2 aromatic carbocycles. The molecule has 0 spiro atoms. The van der Waals surface area contributed by atoms with Crippen molar-refractivity contribution < 1.29 is 14.3 Å². The van der Waals surface area contributed by atoms with Crippen molar-refractivity contribution in [3.05, 3.63) is 69.7 Å². The molecule has 0 saturated heterocycles. The molecule has 1 aliphatic carbocycles. The van der Waals surface area contributed by atoms with Crippen molar-refractivity contribution in [2.45, 2.75) is 32.1 Å². The lowest BCUT2D eigenvalue weighted by Gasteiger charge is -2.19. The molecule has 0 heterocycles. The second-order valence-corrected chi connectivity index (χ2v) is 7.49. The number of carbonyl (C=O) groups is 2. The summed E-state index contributed by atoms with van der Waals surface area (Å²) >= 11 is 12.0. The van der Waals surface area contributed by atoms with E-state index in [0.29, 0.717) is 26.9 Å².